The highest BCUT2D eigenvalue weighted by Gasteiger charge is 2.34. The topological polar surface area (TPSA) is 26.3 Å². The summed E-state index contributed by atoms with van der Waals surface area (Å²) in [6, 6.07) is 0. The summed E-state index contributed by atoms with van der Waals surface area (Å²) in [5.74, 6) is -0.891. The molecular formula is C8H8FO2. The van der Waals surface area contributed by atoms with Gasteiger partial charge in [-0.05, 0) is 12.2 Å². The van der Waals surface area contributed by atoms with Gasteiger partial charge < -0.3 is 4.74 Å². The number of carbonyl (C=O) groups is 1. The average Bonchev–Trinajstić information content (AvgIpc) is 2.04. The van der Waals surface area contributed by atoms with Crippen LogP contribution in [0.2, 0.25) is 0 Å². The SMILES string of the molecule is COC(=O)C1(F)C=C[CH]C=C1. The van der Waals surface area contributed by atoms with Crippen LogP contribution >= 0.6 is 0 Å². The summed E-state index contributed by atoms with van der Waals surface area (Å²) < 4.78 is 17.6. The van der Waals surface area contributed by atoms with Crippen LogP contribution in [-0.4, -0.2) is 18.7 Å². The van der Waals surface area contributed by atoms with Gasteiger partial charge in [0.25, 0.3) is 0 Å². The fraction of sp³-hybridized carbons (Fsp3) is 0.250. The molecule has 0 aromatic heterocycles. The summed E-state index contributed by atoms with van der Waals surface area (Å²) in [6.07, 6.45) is 6.88. The van der Waals surface area contributed by atoms with E-state index in [1.54, 1.807) is 6.42 Å². The van der Waals surface area contributed by atoms with E-state index < -0.39 is 11.6 Å². The lowest BCUT2D eigenvalue weighted by atomic mass is 10.0. The van der Waals surface area contributed by atoms with E-state index in [1.807, 2.05) is 0 Å². The Morgan fingerprint density at radius 2 is 2.00 bits per heavy atom. The molecule has 0 aromatic carbocycles. The molecule has 2 nitrogen and oxygen atoms in total. The Labute approximate surface area is 64.3 Å². The molecular weight excluding hydrogens is 147 g/mol. The Morgan fingerprint density at radius 3 is 2.45 bits per heavy atom. The van der Waals surface area contributed by atoms with Gasteiger partial charge >= 0.3 is 5.97 Å². The predicted molar refractivity (Wildman–Crippen MR) is 38.4 cm³/mol. The zero-order valence-corrected chi connectivity index (χ0v) is 6.08. The van der Waals surface area contributed by atoms with Gasteiger partial charge in [0.05, 0.1) is 7.11 Å². The molecule has 3 heteroatoms. The molecule has 1 aliphatic rings. The molecule has 11 heavy (non-hydrogen) atoms. The quantitative estimate of drug-likeness (QED) is 0.532. The van der Waals surface area contributed by atoms with Crippen molar-refractivity contribution in [1.29, 1.82) is 0 Å². The normalized spacial score (nSPS) is 19.8. The standard InChI is InChI=1S/C8H8FO2/c1-11-7(10)8(9)5-3-2-4-6-8/h2-6H,1H3. The number of esters is 1. The molecule has 0 fully saturated rings. The van der Waals surface area contributed by atoms with E-state index in [0.29, 0.717) is 0 Å². The van der Waals surface area contributed by atoms with Gasteiger partial charge in [0.2, 0.25) is 5.67 Å². The molecule has 0 heterocycles. The molecule has 0 saturated heterocycles. The monoisotopic (exact) mass is 155 g/mol. The van der Waals surface area contributed by atoms with Crippen LogP contribution in [0, 0.1) is 6.42 Å². The molecule has 59 valence electrons. The third-order valence-corrected chi connectivity index (χ3v) is 1.40. The minimum absolute atomic E-state index is 0.891. The molecule has 1 radical (unpaired) electrons. The third kappa shape index (κ3) is 1.48. The third-order valence-electron chi connectivity index (χ3n) is 1.40. The van der Waals surface area contributed by atoms with Crippen molar-refractivity contribution >= 4 is 5.97 Å². The number of carbonyl (C=O) groups excluding carboxylic acids is 1. The first-order valence-electron chi connectivity index (χ1n) is 3.17. The highest BCUT2D eigenvalue weighted by Crippen LogP contribution is 2.20. The number of hydrogen-bond donors (Lipinski definition) is 0. The number of halogens is 1. The van der Waals surface area contributed by atoms with E-state index in [2.05, 4.69) is 4.74 Å². The highest BCUT2D eigenvalue weighted by atomic mass is 19.1. The number of ether oxygens (including phenoxy) is 1. The van der Waals surface area contributed by atoms with Crippen molar-refractivity contribution in [3.05, 3.63) is 30.7 Å². The first-order valence-corrected chi connectivity index (χ1v) is 3.17. The lowest BCUT2D eigenvalue weighted by Gasteiger charge is -2.15. The van der Waals surface area contributed by atoms with Crippen LogP contribution in [0.4, 0.5) is 4.39 Å². The smallest absolute Gasteiger partial charge is 0.351 e. The Morgan fingerprint density at radius 1 is 1.45 bits per heavy atom. The minimum atomic E-state index is -2.07. The van der Waals surface area contributed by atoms with E-state index in [9.17, 15) is 9.18 Å². The van der Waals surface area contributed by atoms with Crippen LogP contribution in [-0.2, 0) is 9.53 Å². The van der Waals surface area contributed by atoms with Crippen molar-refractivity contribution in [2.45, 2.75) is 5.67 Å². The fourth-order valence-electron chi connectivity index (χ4n) is 0.803. The summed E-state index contributed by atoms with van der Waals surface area (Å²) in [4.78, 5) is 10.8. The van der Waals surface area contributed by atoms with Crippen molar-refractivity contribution in [3.63, 3.8) is 0 Å². The van der Waals surface area contributed by atoms with E-state index in [-0.39, 0.29) is 0 Å². The number of allylic oxidation sites excluding steroid dienone is 2. The average molecular weight is 155 g/mol. The summed E-state index contributed by atoms with van der Waals surface area (Å²) in [6.45, 7) is 0. The number of hydrogen-bond acceptors (Lipinski definition) is 2. The largest absolute Gasteiger partial charge is 0.466 e. The Bertz CT molecular complexity index is 206. The second-order valence-electron chi connectivity index (χ2n) is 2.17. The van der Waals surface area contributed by atoms with Gasteiger partial charge in [0.1, 0.15) is 0 Å². The summed E-state index contributed by atoms with van der Waals surface area (Å²) in [5, 5.41) is 0. The van der Waals surface area contributed by atoms with Crippen LogP contribution in [0.5, 0.6) is 0 Å². The van der Waals surface area contributed by atoms with Gasteiger partial charge in [-0.25, -0.2) is 9.18 Å². The second-order valence-corrected chi connectivity index (χ2v) is 2.17. The van der Waals surface area contributed by atoms with Crippen LogP contribution in [0.25, 0.3) is 0 Å². The van der Waals surface area contributed by atoms with Crippen molar-refractivity contribution in [2.75, 3.05) is 7.11 Å². The second kappa shape index (κ2) is 2.86. The first kappa shape index (κ1) is 7.98. The molecule has 0 aliphatic heterocycles. The first-order chi connectivity index (χ1) is 5.19. The molecule has 0 amide bonds. The Balaban J connectivity index is 2.80. The maximum Gasteiger partial charge on any atom is 0.351 e. The molecule has 0 bridgehead atoms. The summed E-state index contributed by atoms with van der Waals surface area (Å²) >= 11 is 0. The highest BCUT2D eigenvalue weighted by molar-refractivity contribution is 5.85. The van der Waals surface area contributed by atoms with Crippen molar-refractivity contribution < 1.29 is 13.9 Å². The van der Waals surface area contributed by atoms with Gasteiger partial charge in [-0.2, -0.15) is 0 Å². The minimum Gasteiger partial charge on any atom is -0.466 e. The summed E-state index contributed by atoms with van der Waals surface area (Å²) in [7, 11) is 1.16. The fourth-order valence-corrected chi connectivity index (χ4v) is 0.803. The molecule has 0 unspecified atom stereocenters. The van der Waals surface area contributed by atoms with E-state index in [0.717, 1.165) is 19.3 Å². The van der Waals surface area contributed by atoms with Gasteiger partial charge in [0, 0.05) is 6.42 Å². The molecule has 0 saturated carbocycles. The zero-order chi connectivity index (χ0) is 8.32. The Hall–Kier alpha value is -1.12. The van der Waals surface area contributed by atoms with Crippen molar-refractivity contribution in [3.8, 4) is 0 Å². The molecule has 0 atom stereocenters. The lowest BCUT2D eigenvalue weighted by molar-refractivity contribution is -0.148. The van der Waals surface area contributed by atoms with Gasteiger partial charge in [-0.1, -0.05) is 12.2 Å². The van der Waals surface area contributed by atoms with E-state index in [1.165, 1.54) is 12.2 Å². The van der Waals surface area contributed by atoms with E-state index in [4.69, 9.17) is 0 Å². The van der Waals surface area contributed by atoms with Crippen molar-refractivity contribution in [1.82, 2.24) is 0 Å². The van der Waals surface area contributed by atoms with Crippen LogP contribution in [0.15, 0.2) is 24.3 Å². The molecule has 0 spiro atoms. The number of rotatable bonds is 1. The maximum absolute atomic E-state index is 13.3. The molecule has 1 rings (SSSR count). The van der Waals surface area contributed by atoms with Crippen LogP contribution < -0.4 is 0 Å². The van der Waals surface area contributed by atoms with Crippen LogP contribution in [0.1, 0.15) is 0 Å². The van der Waals surface area contributed by atoms with Crippen molar-refractivity contribution in [2.24, 2.45) is 0 Å². The van der Waals surface area contributed by atoms with Gasteiger partial charge in [0.15, 0.2) is 0 Å². The molecule has 1 aliphatic carbocycles. The zero-order valence-electron chi connectivity index (χ0n) is 6.08. The predicted octanol–water partition coefficient (Wildman–Crippen LogP) is 1.20. The number of alkyl halides is 1. The summed E-state index contributed by atoms with van der Waals surface area (Å²) in [5.41, 5.74) is -2.07. The lowest BCUT2D eigenvalue weighted by Crippen LogP contribution is -2.31. The Kier molecular flexibility index (Phi) is 2.08. The van der Waals surface area contributed by atoms with Crippen LogP contribution in [0.3, 0.4) is 0 Å². The molecule has 0 aromatic rings. The van der Waals surface area contributed by atoms with Gasteiger partial charge in [-0.3, -0.25) is 0 Å². The van der Waals surface area contributed by atoms with E-state index >= 15 is 0 Å². The maximum atomic E-state index is 13.3. The van der Waals surface area contributed by atoms with Gasteiger partial charge in [-0.15, -0.1) is 0 Å². The number of methoxy groups -OCH3 is 1. The molecule has 0 N–H and O–H groups in total.